The average Bonchev–Trinajstić information content (AvgIpc) is 2.79. The number of aliphatic hydroxyl groups is 1. The molecule has 1 N–H and O–H groups in total. The number of thiophene rings is 1. The monoisotopic (exact) mass is 246 g/mol. The van der Waals surface area contributed by atoms with Crippen molar-refractivity contribution in [2.24, 2.45) is 0 Å². The molecule has 2 rings (SSSR count). The molecule has 2 aromatic rings. The van der Waals surface area contributed by atoms with Crippen molar-refractivity contribution in [1.29, 1.82) is 0 Å². The molecule has 17 heavy (non-hydrogen) atoms. The van der Waals surface area contributed by atoms with Crippen LogP contribution < -0.4 is 0 Å². The summed E-state index contributed by atoms with van der Waals surface area (Å²) < 4.78 is 0. The van der Waals surface area contributed by atoms with Gasteiger partial charge in [0, 0.05) is 4.88 Å². The number of rotatable bonds is 5. The molecular formula is C15H18OS. The highest BCUT2D eigenvalue weighted by atomic mass is 32.1. The lowest BCUT2D eigenvalue weighted by molar-refractivity contribution is 0.165. The van der Waals surface area contributed by atoms with Crippen molar-refractivity contribution in [3.8, 4) is 0 Å². The number of benzene rings is 1. The molecule has 2 heteroatoms. The van der Waals surface area contributed by atoms with Gasteiger partial charge in [0.1, 0.15) is 0 Å². The first-order valence-electron chi connectivity index (χ1n) is 6.00. The van der Waals surface area contributed by atoms with Crippen molar-refractivity contribution >= 4 is 11.3 Å². The molecule has 0 amide bonds. The summed E-state index contributed by atoms with van der Waals surface area (Å²) in [6, 6.07) is 12.6. The summed E-state index contributed by atoms with van der Waals surface area (Å²) in [6.45, 7) is 2.08. The molecule has 1 heterocycles. The lowest BCUT2D eigenvalue weighted by Gasteiger charge is -2.10. The summed E-state index contributed by atoms with van der Waals surface area (Å²) in [5.74, 6) is 0. The van der Waals surface area contributed by atoms with Gasteiger partial charge in [0.25, 0.3) is 0 Å². The van der Waals surface area contributed by atoms with E-state index < -0.39 is 0 Å². The molecular weight excluding hydrogens is 228 g/mol. The minimum atomic E-state index is -0.237. The first kappa shape index (κ1) is 12.3. The van der Waals surface area contributed by atoms with Crippen molar-refractivity contribution in [3.05, 3.63) is 57.8 Å². The van der Waals surface area contributed by atoms with E-state index in [0.29, 0.717) is 0 Å². The van der Waals surface area contributed by atoms with Crippen molar-refractivity contribution in [3.63, 3.8) is 0 Å². The molecule has 0 saturated carbocycles. The predicted octanol–water partition coefficient (Wildman–Crippen LogP) is 3.59. The fourth-order valence-corrected chi connectivity index (χ4v) is 2.70. The van der Waals surface area contributed by atoms with Crippen LogP contribution in [0.15, 0.2) is 41.8 Å². The van der Waals surface area contributed by atoms with Crippen molar-refractivity contribution in [2.45, 2.75) is 32.3 Å². The van der Waals surface area contributed by atoms with Gasteiger partial charge in [0.15, 0.2) is 0 Å². The van der Waals surface area contributed by atoms with Crippen LogP contribution in [0.4, 0.5) is 0 Å². The summed E-state index contributed by atoms with van der Waals surface area (Å²) in [6.07, 6.45) is 2.34. The largest absolute Gasteiger partial charge is 0.393 e. The smallest absolute Gasteiger partial charge is 0.0584 e. The second-order valence-corrected chi connectivity index (χ2v) is 5.50. The van der Waals surface area contributed by atoms with E-state index in [1.807, 2.05) is 0 Å². The van der Waals surface area contributed by atoms with Crippen LogP contribution in [0.2, 0.25) is 0 Å². The summed E-state index contributed by atoms with van der Waals surface area (Å²) in [7, 11) is 0. The number of aliphatic hydroxyl groups excluding tert-OH is 1. The number of hydrogen-bond acceptors (Lipinski definition) is 2. The number of aryl methyl sites for hydroxylation is 2. The van der Waals surface area contributed by atoms with Gasteiger partial charge in [-0.2, -0.15) is 0 Å². The Bertz CT molecular complexity index is 448. The average molecular weight is 246 g/mol. The highest BCUT2D eigenvalue weighted by Gasteiger charge is 2.06. The molecule has 0 aliphatic rings. The quantitative estimate of drug-likeness (QED) is 0.854. The SMILES string of the molecule is Cc1cccc(CC(O)CCc2cccs2)c1. The van der Waals surface area contributed by atoms with E-state index in [1.54, 1.807) is 11.3 Å². The molecule has 1 unspecified atom stereocenters. The van der Waals surface area contributed by atoms with Gasteiger partial charge < -0.3 is 5.11 Å². The molecule has 0 radical (unpaired) electrons. The van der Waals surface area contributed by atoms with Gasteiger partial charge in [0.05, 0.1) is 6.10 Å². The Labute approximate surface area is 107 Å². The van der Waals surface area contributed by atoms with Gasteiger partial charge in [-0.25, -0.2) is 0 Å². The Morgan fingerprint density at radius 1 is 1.24 bits per heavy atom. The fraction of sp³-hybridized carbons (Fsp3) is 0.333. The molecule has 0 spiro atoms. The van der Waals surface area contributed by atoms with Crippen LogP contribution in [0.3, 0.4) is 0 Å². The van der Waals surface area contributed by atoms with Crippen LogP contribution in [-0.4, -0.2) is 11.2 Å². The van der Waals surface area contributed by atoms with Gasteiger partial charge in [0.2, 0.25) is 0 Å². The lowest BCUT2D eigenvalue weighted by atomic mass is 10.0. The van der Waals surface area contributed by atoms with Gasteiger partial charge in [-0.05, 0) is 43.2 Å². The topological polar surface area (TPSA) is 20.2 Å². The summed E-state index contributed by atoms with van der Waals surface area (Å²) in [5, 5.41) is 12.1. The Kier molecular flexibility index (Phi) is 4.35. The van der Waals surface area contributed by atoms with Gasteiger partial charge >= 0.3 is 0 Å². The summed E-state index contributed by atoms with van der Waals surface area (Å²) >= 11 is 1.76. The Morgan fingerprint density at radius 2 is 2.12 bits per heavy atom. The van der Waals surface area contributed by atoms with Gasteiger partial charge in [-0.1, -0.05) is 35.9 Å². The number of hydrogen-bond donors (Lipinski definition) is 1. The third kappa shape index (κ3) is 3.99. The second kappa shape index (κ2) is 5.99. The van der Waals surface area contributed by atoms with Crippen LogP contribution in [0.1, 0.15) is 22.4 Å². The standard InChI is InChI=1S/C15H18OS/c1-12-4-2-5-13(10-12)11-14(16)7-8-15-6-3-9-17-15/h2-6,9-10,14,16H,7-8,11H2,1H3. The van der Waals surface area contributed by atoms with Crippen LogP contribution in [-0.2, 0) is 12.8 Å². The fourth-order valence-electron chi connectivity index (χ4n) is 1.98. The predicted molar refractivity (Wildman–Crippen MR) is 73.5 cm³/mol. The van der Waals surface area contributed by atoms with Gasteiger partial charge in [-0.15, -0.1) is 11.3 Å². The van der Waals surface area contributed by atoms with E-state index in [1.165, 1.54) is 16.0 Å². The van der Waals surface area contributed by atoms with Crippen LogP contribution in [0, 0.1) is 6.92 Å². The van der Waals surface area contributed by atoms with E-state index in [4.69, 9.17) is 0 Å². The van der Waals surface area contributed by atoms with Crippen LogP contribution in [0.25, 0.3) is 0 Å². The normalized spacial score (nSPS) is 12.6. The zero-order valence-electron chi connectivity index (χ0n) is 10.1. The molecule has 90 valence electrons. The van der Waals surface area contributed by atoms with E-state index in [2.05, 4.69) is 48.7 Å². The van der Waals surface area contributed by atoms with E-state index >= 15 is 0 Å². The van der Waals surface area contributed by atoms with E-state index in [-0.39, 0.29) is 6.10 Å². The van der Waals surface area contributed by atoms with Gasteiger partial charge in [-0.3, -0.25) is 0 Å². The minimum absolute atomic E-state index is 0.237. The van der Waals surface area contributed by atoms with Crippen molar-refractivity contribution in [1.82, 2.24) is 0 Å². The second-order valence-electron chi connectivity index (χ2n) is 4.47. The molecule has 0 bridgehead atoms. The zero-order valence-corrected chi connectivity index (χ0v) is 10.9. The zero-order chi connectivity index (χ0) is 12.1. The Balaban J connectivity index is 1.83. The first-order valence-corrected chi connectivity index (χ1v) is 6.88. The maximum absolute atomic E-state index is 10.00. The highest BCUT2D eigenvalue weighted by molar-refractivity contribution is 7.09. The lowest BCUT2D eigenvalue weighted by Crippen LogP contribution is -2.11. The van der Waals surface area contributed by atoms with Crippen molar-refractivity contribution in [2.75, 3.05) is 0 Å². The Hall–Kier alpha value is -1.12. The molecule has 1 aromatic carbocycles. The molecule has 0 aliphatic heterocycles. The van der Waals surface area contributed by atoms with Crippen LogP contribution >= 0.6 is 11.3 Å². The maximum atomic E-state index is 10.00. The molecule has 0 saturated heterocycles. The molecule has 0 aliphatic carbocycles. The highest BCUT2D eigenvalue weighted by Crippen LogP contribution is 2.14. The first-order chi connectivity index (χ1) is 8.24. The van der Waals surface area contributed by atoms with E-state index in [0.717, 1.165) is 19.3 Å². The van der Waals surface area contributed by atoms with E-state index in [9.17, 15) is 5.11 Å². The van der Waals surface area contributed by atoms with Crippen molar-refractivity contribution < 1.29 is 5.11 Å². The molecule has 1 nitrogen and oxygen atoms in total. The third-order valence-electron chi connectivity index (χ3n) is 2.86. The third-order valence-corrected chi connectivity index (χ3v) is 3.79. The summed E-state index contributed by atoms with van der Waals surface area (Å²) in [4.78, 5) is 1.35. The van der Waals surface area contributed by atoms with Crippen LogP contribution in [0.5, 0.6) is 0 Å². The summed E-state index contributed by atoms with van der Waals surface area (Å²) in [5.41, 5.74) is 2.48. The molecule has 0 fully saturated rings. The maximum Gasteiger partial charge on any atom is 0.0584 e. The minimum Gasteiger partial charge on any atom is -0.393 e. The molecule has 1 atom stereocenters. The molecule has 1 aromatic heterocycles. The Morgan fingerprint density at radius 3 is 2.82 bits per heavy atom.